The molecule has 124 valence electrons. The Balaban J connectivity index is 2.09. The molecule has 1 fully saturated rings. The summed E-state index contributed by atoms with van der Waals surface area (Å²) in [6.07, 6.45) is 6.25. The lowest BCUT2D eigenvalue weighted by atomic mass is 9.92. The molecule has 1 aliphatic rings. The molecule has 5 nitrogen and oxygen atoms in total. The molecule has 22 heavy (non-hydrogen) atoms. The van der Waals surface area contributed by atoms with Crippen molar-refractivity contribution in [3.63, 3.8) is 0 Å². The molecule has 0 aromatic heterocycles. The first-order chi connectivity index (χ1) is 10.4. The highest BCUT2D eigenvalue weighted by atomic mass is 32.2. The van der Waals surface area contributed by atoms with Crippen molar-refractivity contribution in [1.82, 2.24) is 4.72 Å². The number of methoxy groups -OCH3 is 1. The lowest BCUT2D eigenvalue weighted by molar-refractivity contribution is 0.369. The quantitative estimate of drug-likeness (QED) is 0.814. The van der Waals surface area contributed by atoms with Gasteiger partial charge < -0.3 is 10.5 Å². The van der Waals surface area contributed by atoms with Gasteiger partial charge in [-0.05, 0) is 43.5 Å². The average molecular weight is 326 g/mol. The first-order valence-electron chi connectivity index (χ1n) is 7.79. The van der Waals surface area contributed by atoms with Crippen molar-refractivity contribution in [2.24, 2.45) is 5.73 Å². The molecule has 1 saturated carbocycles. The molecular weight excluding hydrogens is 300 g/mol. The molecule has 0 spiro atoms. The Bertz CT molecular complexity index is 606. The zero-order valence-electron chi connectivity index (χ0n) is 13.4. The number of aryl methyl sites for hydroxylation is 1. The summed E-state index contributed by atoms with van der Waals surface area (Å²) in [5.74, 6) is 0.679. The van der Waals surface area contributed by atoms with Gasteiger partial charge in [0.25, 0.3) is 0 Å². The Labute approximate surface area is 133 Å². The molecule has 1 aromatic rings. The summed E-state index contributed by atoms with van der Waals surface area (Å²) in [5, 5.41) is 0. The van der Waals surface area contributed by atoms with Gasteiger partial charge in [-0.1, -0.05) is 25.7 Å². The third-order valence-corrected chi connectivity index (χ3v) is 5.79. The molecule has 0 amide bonds. The molecule has 0 atom stereocenters. The van der Waals surface area contributed by atoms with Crippen LogP contribution in [-0.2, 0) is 10.0 Å². The Morgan fingerprint density at radius 2 is 1.86 bits per heavy atom. The largest absolute Gasteiger partial charge is 0.496 e. The Morgan fingerprint density at radius 1 is 1.23 bits per heavy atom. The molecule has 1 aliphatic carbocycles. The van der Waals surface area contributed by atoms with E-state index in [1.54, 1.807) is 25.3 Å². The minimum Gasteiger partial charge on any atom is -0.496 e. The summed E-state index contributed by atoms with van der Waals surface area (Å²) in [6, 6.07) is 4.86. The molecule has 0 bridgehead atoms. The maximum absolute atomic E-state index is 12.4. The number of nitrogens with one attached hydrogen (secondary N) is 1. The van der Waals surface area contributed by atoms with Gasteiger partial charge in [-0.15, -0.1) is 0 Å². The topological polar surface area (TPSA) is 81.4 Å². The second-order valence-electron chi connectivity index (χ2n) is 6.23. The third kappa shape index (κ3) is 4.21. The van der Waals surface area contributed by atoms with Gasteiger partial charge >= 0.3 is 0 Å². The zero-order valence-corrected chi connectivity index (χ0v) is 14.2. The van der Waals surface area contributed by atoms with Gasteiger partial charge in [-0.2, -0.15) is 0 Å². The van der Waals surface area contributed by atoms with E-state index in [4.69, 9.17) is 10.5 Å². The summed E-state index contributed by atoms with van der Waals surface area (Å²) >= 11 is 0. The number of hydrogen-bond donors (Lipinski definition) is 2. The fourth-order valence-electron chi connectivity index (χ4n) is 2.95. The van der Waals surface area contributed by atoms with E-state index in [2.05, 4.69) is 4.72 Å². The number of ether oxygens (including phenoxy) is 1. The highest BCUT2D eigenvalue weighted by molar-refractivity contribution is 7.89. The van der Waals surface area contributed by atoms with Gasteiger partial charge in [-0.25, -0.2) is 13.1 Å². The van der Waals surface area contributed by atoms with E-state index >= 15 is 0 Å². The van der Waals surface area contributed by atoms with E-state index in [1.165, 1.54) is 12.8 Å². The molecular formula is C16H26N2O3S. The predicted octanol–water partition coefficient (Wildman–Crippen LogP) is 2.33. The van der Waals surface area contributed by atoms with Crippen LogP contribution in [0.4, 0.5) is 0 Å². The second-order valence-corrected chi connectivity index (χ2v) is 8.00. The van der Waals surface area contributed by atoms with Crippen LogP contribution in [0.1, 0.15) is 44.1 Å². The normalized spacial score (nSPS) is 18.7. The van der Waals surface area contributed by atoms with Crippen LogP contribution >= 0.6 is 0 Å². The van der Waals surface area contributed by atoms with E-state index in [0.29, 0.717) is 12.3 Å². The Hall–Kier alpha value is -1.11. The van der Waals surface area contributed by atoms with Crippen LogP contribution in [0.5, 0.6) is 5.75 Å². The monoisotopic (exact) mass is 326 g/mol. The lowest BCUT2D eigenvalue weighted by Crippen LogP contribution is -2.49. The standard InChI is InChI=1S/C16H26N2O3S/c1-13-11-14(7-8-15(13)21-2)22(19,20)18-12-16(17)9-5-3-4-6-10-16/h7-8,11,18H,3-6,9-10,12,17H2,1-2H3. The van der Waals surface area contributed by atoms with E-state index in [0.717, 1.165) is 31.2 Å². The molecule has 0 heterocycles. The number of hydrogen-bond acceptors (Lipinski definition) is 4. The van der Waals surface area contributed by atoms with Crippen molar-refractivity contribution < 1.29 is 13.2 Å². The Kier molecular flexibility index (Phi) is 5.47. The summed E-state index contributed by atoms with van der Waals surface area (Å²) < 4.78 is 32.7. The van der Waals surface area contributed by atoms with Crippen LogP contribution in [-0.4, -0.2) is 27.6 Å². The smallest absolute Gasteiger partial charge is 0.240 e. The Morgan fingerprint density at radius 3 is 2.41 bits per heavy atom. The van der Waals surface area contributed by atoms with Gasteiger partial charge in [0.15, 0.2) is 0 Å². The van der Waals surface area contributed by atoms with E-state index in [-0.39, 0.29) is 4.90 Å². The van der Waals surface area contributed by atoms with Crippen molar-refractivity contribution in [3.8, 4) is 5.75 Å². The fraction of sp³-hybridized carbons (Fsp3) is 0.625. The second kappa shape index (κ2) is 6.98. The zero-order chi connectivity index (χ0) is 16.2. The summed E-state index contributed by atoms with van der Waals surface area (Å²) in [6.45, 7) is 2.12. The van der Waals surface area contributed by atoms with Crippen molar-refractivity contribution in [2.45, 2.75) is 55.9 Å². The van der Waals surface area contributed by atoms with Gasteiger partial charge in [0.1, 0.15) is 5.75 Å². The number of rotatable bonds is 5. The van der Waals surface area contributed by atoms with Crippen LogP contribution in [0.15, 0.2) is 23.1 Å². The molecule has 2 rings (SSSR count). The van der Waals surface area contributed by atoms with Crippen molar-refractivity contribution in [1.29, 1.82) is 0 Å². The van der Waals surface area contributed by atoms with Crippen LogP contribution in [0, 0.1) is 6.92 Å². The molecule has 1 aromatic carbocycles. The molecule has 0 unspecified atom stereocenters. The summed E-state index contributed by atoms with van der Waals surface area (Å²) in [4.78, 5) is 0.253. The number of nitrogens with two attached hydrogens (primary N) is 1. The van der Waals surface area contributed by atoms with E-state index in [1.807, 2.05) is 6.92 Å². The minimum atomic E-state index is -3.54. The van der Waals surface area contributed by atoms with Crippen molar-refractivity contribution in [2.75, 3.05) is 13.7 Å². The summed E-state index contributed by atoms with van der Waals surface area (Å²) in [5.41, 5.74) is 6.74. The summed E-state index contributed by atoms with van der Waals surface area (Å²) in [7, 11) is -1.97. The first kappa shape index (κ1) is 17.2. The molecule has 6 heteroatoms. The third-order valence-electron chi connectivity index (χ3n) is 4.39. The highest BCUT2D eigenvalue weighted by Crippen LogP contribution is 2.25. The number of sulfonamides is 1. The van der Waals surface area contributed by atoms with Gasteiger partial charge in [0, 0.05) is 12.1 Å². The van der Waals surface area contributed by atoms with E-state index in [9.17, 15) is 8.42 Å². The average Bonchev–Trinajstić information content (AvgIpc) is 2.71. The molecule has 0 saturated heterocycles. The highest BCUT2D eigenvalue weighted by Gasteiger charge is 2.28. The predicted molar refractivity (Wildman–Crippen MR) is 87.5 cm³/mol. The SMILES string of the molecule is COc1ccc(S(=O)(=O)NCC2(N)CCCCCC2)cc1C. The minimum absolute atomic E-state index is 0.253. The van der Waals surface area contributed by atoms with Gasteiger partial charge in [-0.3, -0.25) is 0 Å². The maximum atomic E-state index is 12.4. The first-order valence-corrected chi connectivity index (χ1v) is 9.28. The van der Waals surface area contributed by atoms with Crippen LogP contribution in [0.3, 0.4) is 0 Å². The van der Waals surface area contributed by atoms with Crippen molar-refractivity contribution >= 4 is 10.0 Å². The van der Waals surface area contributed by atoms with E-state index < -0.39 is 15.6 Å². The molecule has 0 radical (unpaired) electrons. The van der Waals surface area contributed by atoms with Crippen LogP contribution in [0.25, 0.3) is 0 Å². The van der Waals surface area contributed by atoms with Gasteiger partial charge in [0.2, 0.25) is 10.0 Å². The number of benzene rings is 1. The molecule has 0 aliphatic heterocycles. The maximum Gasteiger partial charge on any atom is 0.240 e. The lowest BCUT2D eigenvalue weighted by Gasteiger charge is -2.28. The molecule has 3 N–H and O–H groups in total. The van der Waals surface area contributed by atoms with Crippen molar-refractivity contribution in [3.05, 3.63) is 23.8 Å². The van der Waals surface area contributed by atoms with Crippen LogP contribution < -0.4 is 15.2 Å². The van der Waals surface area contributed by atoms with Crippen LogP contribution in [0.2, 0.25) is 0 Å². The fourth-order valence-corrected chi connectivity index (χ4v) is 4.17. The van der Waals surface area contributed by atoms with Gasteiger partial charge in [0.05, 0.1) is 12.0 Å².